The Morgan fingerprint density at radius 2 is 2.17 bits per heavy atom. The number of carbonyl (C=O) groups is 1. The molecule has 0 saturated heterocycles. The van der Waals surface area contributed by atoms with Crippen molar-refractivity contribution in [1.82, 2.24) is 0 Å². The summed E-state index contributed by atoms with van der Waals surface area (Å²) in [5.41, 5.74) is 1.66. The number of hydrogen-bond donors (Lipinski definition) is 0. The minimum absolute atomic E-state index is 0.170. The lowest BCUT2D eigenvalue weighted by Crippen LogP contribution is -2.32. The van der Waals surface area contributed by atoms with Gasteiger partial charge in [0.25, 0.3) is 0 Å². The Morgan fingerprint density at radius 1 is 1.44 bits per heavy atom. The summed E-state index contributed by atoms with van der Waals surface area (Å²) >= 11 is 0. The predicted molar refractivity (Wildman–Crippen MR) is 69.2 cm³/mol. The van der Waals surface area contributed by atoms with Crippen LogP contribution in [0, 0.1) is 16.7 Å². The van der Waals surface area contributed by atoms with E-state index in [0.717, 1.165) is 12.3 Å². The van der Waals surface area contributed by atoms with E-state index >= 15 is 0 Å². The molecule has 18 heavy (non-hydrogen) atoms. The number of oxime groups is 1. The fraction of sp³-hybridized carbons (Fsp3) is 0.857. The molecule has 2 rings (SSSR count). The van der Waals surface area contributed by atoms with Gasteiger partial charge in [0, 0.05) is 5.41 Å². The monoisotopic (exact) mass is 253 g/mol. The third-order valence-electron chi connectivity index (χ3n) is 5.31. The van der Waals surface area contributed by atoms with Gasteiger partial charge in [-0.15, -0.1) is 0 Å². The Labute approximate surface area is 109 Å². The maximum absolute atomic E-state index is 11.0. The molecule has 0 radical (unpaired) electrons. The van der Waals surface area contributed by atoms with Gasteiger partial charge in [0.1, 0.15) is 6.61 Å². The van der Waals surface area contributed by atoms with Crippen LogP contribution in [-0.4, -0.2) is 25.4 Å². The summed E-state index contributed by atoms with van der Waals surface area (Å²) in [6, 6.07) is 0. The molecule has 4 nitrogen and oxygen atoms in total. The van der Waals surface area contributed by atoms with E-state index in [1.165, 1.54) is 25.7 Å². The first kappa shape index (κ1) is 13.4. The van der Waals surface area contributed by atoms with E-state index in [9.17, 15) is 4.79 Å². The first-order chi connectivity index (χ1) is 8.41. The van der Waals surface area contributed by atoms with Crippen LogP contribution < -0.4 is 0 Å². The zero-order chi connectivity index (χ0) is 13.4. The van der Waals surface area contributed by atoms with Gasteiger partial charge in [-0.25, -0.2) is 0 Å². The first-order valence-electron chi connectivity index (χ1n) is 6.68. The molecule has 0 amide bonds. The second-order valence-electron chi connectivity index (χ2n) is 6.19. The van der Waals surface area contributed by atoms with Crippen molar-refractivity contribution in [3.8, 4) is 0 Å². The van der Waals surface area contributed by atoms with Crippen LogP contribution in [0.3, 0.4) is 0 Å². The first-order valence-corrected chi connectivity index (χ1v) is 6.68. The van der Waals surface area contributed by atoms with Gasteiger partial charge in [-0.1, -0.05) is 25.9 Å². The van der Waals surface area contributed by atoms with Crippen LogP contribution in [0.5, 0.6) is 0 Å². The molecule has 0 spiro atoms. The number of methoxy groups -OCH3 is 1. The van der Waals surface area contributed by atoms with Crippen molar-refractivity contribution >= 4 is 11.7 Å². The maximum Gasteiger partial charge on any atom is 0.309 e. The second-order valence-corrected chi connectivity index (χ2v) is 6.19. The molecule has 2 bridgehead atoms. The van der Waals surface area contributed by atoms with Crippen LogP contribution in [0.2, 0.25) is 0 Å². The molecule has 0 heterocycles. The van der Waals surface area contributed by atoms with Crippen molar-refractivity contribution in [2.24, 2.45) is 21.9 Å². The summed E-state index contributed by atoms with van der Waals surface area (Å²) in [6.45, 7) is 7.27. The Kier molecular flexibility index (Phi) is 3.39. The molecule has 2 fully saturated rings. The number of rotatable bonds is 4. The minimum Gasteiger partial charge on any atom is -0.469 e. The number of nitrogens with zero attached hydrogens (tertiary/aromatic N) is 1. The number of hydrogen-bond acceptors (Lipinski definition) is 4. The molecule has 2 aliphatic rings. The van der Waals surface area contributed by atoms with Gasteiger partial charge < -0.3 is 9.57 Å². The van der Waals surface area contributed by atoms with Crippen molar-refractivity contribution in [1.29, 1.82) is 0 Å². The summed E-state index contributed by atoms with van der Waals surface area (Å²) in [6.07, 6.45) is 3.80. The molecule has 0 N–H and O–H groups in total. The molecule has 4 heteroatoms. The Morgan fingerprint density at radius 3 is 2.67 bits per heavy atom. The minimum atomic E-state index is -0.255. The highest BCUT2D eigenvalue weighted by atomic mass is 16.6. The van der Waals surface area contributed by atoms with Crippen molar-refractivity contribution in [3.05, 3.63) is 0 Å². The molecular formula is C14H23NO3. The van der Waals surface area contributed by atoms with Crippen molar-refractivity contribution in [2.45, 2.75) is 46.5 Å². The zero-order valence-corrected chi connectivity index (χ0v) is 11.8. The lowest BCUT2D eigenvalue weighted by atomic mass is 9.70. The molecular weight excluding hydrogens is 230 g/mol. The van der Waals surface area contributed by atoms with E-state index < -0.39 is 0 Å². The summed E-state index contributed by atoms with van der Waals surface area (Å²) in [7, 11) is 1.38. The van der Waals surface area contributed by atoms with Crippen LogP contribution >= 0.6 is 0 Å². The Hall–Kier alpha value is -1.06. The van der Waals surface area contributed by atoms with Crippen LogP contribution in [0.25, 0.3) is 0 Å². The summed E-state index contributed by atoms with van der Waals surface area (Å²) in [4.78, 5) is 16.2. The molecule has 2 saturated carbocycles. The second kappa shape index (κ2) is 4.56. The number of ether oxygens (including phenoxy) is 1. The average molecular weight is 253 g/mol. The summed E-state index contributed by atoms with van der Waals surface area (Å²) in [5.74, 6) is 0.472. The lowest BCUT2D eigenvalue weighted by molar-refractivity contribution is -0.141. The molecule has 102 valence electrons. The fourth-order valence-corrected chi connectivity index (χ4v) is 3.42. The SMILES string of the molecule is COC(=O)CCO/N=C1\C[C@H]2CC[C@]1(C)C2(C)C. The van der Waals surface area contributed by atoms with E-state index in [0.29, 0.717) is 12.0 Å². The van der Waals surface area contributed by atoms with Crippen LogP contribution in [0.15, 0.2) is 5.16 Å². The van der Waals surface area contributed by atoms with Gasteiger partial charge in [-0.3, -0.25) is 4.79 Å². The van der Waals surface area contributed by atoms with E-state index in [2.05, 4.69) is 30.7 Å². The quantitative estimate of drug-likeness (QED) is 0.440. The average Bonchev–Trinajstić information content (AvgIpc) is 2.67. The third-order valence-corrected chi connectivity index (χ3v) is 5.31. The van der Waals surface area contributed by atoms with Crippen molar-refractivity contribution < 1.29 is 14.4 Å². The molecule has 0 aliphatic heterocycles. The zero-order valence-electron chi connectivity index (χ0n) is 11.8. The molecule has 2 atom stereocenters. The number of esters is 1. The number of fused-ring (bicyclic) bond motifs is 2. The van der Waals surface area contributed by atoms with Crippen molar-refractivity contribution in [3.63, 3.8) is 0 Å². The highest BCUT2D eigenvalue weighted by Crippen LogP contribution is 2.63. The van der Waals surface area contributed by atoms with E-state index in [-0.39, 0.29) is 17.8 Å². The molecule has 0 aromatic carbocycles. The van der Waals surface area contributed by atoms with E-state index in [4.69, 9.17) is 4.84 Å². The largest absolute Gasteiger partial charge is 0.469 e. The highest BCUT2D eigenvalue weighted by Gasteiger charge is 2.60. The van der Waals surface area contributed by atoms with E-state index in [1.54, 1.807) is 0 Å². The molecule has 0 aromatic heterocycles. The molecule has 0 unspecified atom stereocenters. The van der Waals surface area contributed by atoms with Gasteiger partial charge in [0.05, 0.1) is 19.2 Å². The Balaban J connectivity index is 1.93. The van der Waals surface area contributed by atoms with Crippen LogP contribution in [0.1, 0.15) is 46.5 Å². The highest BCUT2D eigenvalue weighted by molar-refractivity contribution is 5.93. The molecule has 2 aliphatic carbocycles. The molecule has 0 aromatic rings. The fourth-order valence-electron chi connectivity index (χ4n) is 3.42. The van der Waals surface area contributed by atoms with Gasteiger partial charge in [0.15, 0.2) is 0 Å². The van der Waals surface area contributed by atoms with E-state index in [1.807, 2.05) is 0 Å². The standard InChI is InChI=1S/C14H23NO3/c1-13(2)10-5-7-14(13,3)11(9-10)15-18-8-6-12(16)17-4/h10H,5-9H2,1-4H3/b15-11+/t10-,14+/m1/s1. The van der Waals surface area contributed by atoms with Gasteiger partial charge in [-0.2, -0.15) is 0 Å². The third kappa shape index (κ3) is 1.91. The summed E-state index contributed by atoms with van der Waals surface area (Å²) < 4.78 is 4.56. The number of carbonyl (C=O) groups excluding carboxylic acids is 1. The normalized spacial score (nSPS) is 34.9. The maximum atomic E-state index is 11.0. The topological polar surface area (TPSA) is 47.9 Å². The smallest absolute Gasteiger partial charge is 0.309 e. The van der Waals surface area contributed by atoms with Crippen LogP contribution in [-0.2, 0) is 14.4 Å². The van der Waals surface area contributed by atoms with Crippen molar-refractivity contribution in [2.75, 3.05) is 13.7 Å². The van der Waals surface area contributed by atoms with Crippen LogP contribution in [0.4, 0.5) is 0 Å². The predicted octanol–water partition coefficient (Wildman–Crippen LogP) is 2.77. The van der Waals surface area contributed by atoms with Gasteiger partial charge in [0.2, 0.25) is 0 Å². The van der Waals surface area contributed by atoms with Gasteiger partial charge in [-0.05, 0) is 30.6 Å². The Bertz CT molecular complexity index is 375. The van der Waals surface area contributed by atoms with Gasteiger partial charge >= 0.3 is 5.97 Å². The summed E-state index contributed by atoms with van der Waals surface area (Å²) in [5, 5.41) is 4.29. The lowest BCUT2D eigenvalue weighted by Gasteiger charge is -2.34.